The minimum absolute atomic E-state index is 0.0262. The highest BCUT2D eigenvalue weighted by atomic mass is 35.5. The molecule has 0 spiro atoms. The van der Waals surface area contributed by atoms with E-state index >= 15 is 0 Å². The van der Waals surface area contributed by atoms with Crippen LogP contribution < -0.4 is 10.0 Å². The summed E-state index contributed by atoms with van der Waals surface area (Å²) < 4.78 is 28.9. The summed E-state index contributed by atoms with van der Waals surface area (Å²) in [6.45, 7) is 0.954. The van der Waals surface area contributed by atoms with E-state index in [-0.39, 0.29) is 17.3 Å². The predicted octanol–water partition coefficient (Wildman–Crippen LogP) is 5.02. The minimum Gasteiger partial charge on any atom is -0.340 e. The first kappa shape index (κ1) is 26.4. The number of benzene rings is 3. The Morgan fingerprint density at radius 1 is 1.02 bits per heavy atom. The van der Waals surface area contributed by atoms with Crippen molar-refractivity contribution in [2.45, 2.75) is 36.5 Å². The van der Waals surface area contributed by atoms with Gasteiger partial charge in [-0.3, -0.25) is 4.79 Å². The van der Waals surface area contributed by atoms with Crippen LogP contribution in [0.1, 0.15) is 45.9 Å². The maximum atomic E-state index is 13.3. The molecule has 1 aromatic heterocycles. The van der Waals surface area contributed by atoms with Gasteiger partial charge in [0.05, 0.1) is 10.4 Å². The van der Waals surface area contributed by atoms with Crippen molar-refractivity contribution < 1.29 is 18.0 Å². The van der Waals surface area contributed by atoms with Gasteiger partial charge in [0.15, 0.2) is 0 Å². The molecular weight excluding hydrogens is 548 g/mol. The number of nitrogens with zero attached hydrogens (tertiary/aromatic N) is 2. The molecule has 0 bridgehead atoms. The summed E-state index contributed by atoms with van der Waals surface area (Å²) in [5, 5.41) is 4.16. The fourth-order valence-corrected chi connectivity index (χ4v) is 6.37. The van der Waals surface area contributed by atoms with Crippen molar-refractivity contribution in [1.82, 2.24) is 19.5 Å². The van der Waals surface area contributed by atoms with Crippen molar-refractivity contribution in [2.75, 3.05) is 20.1 Å². The van der Waals surface area contributed by atoms with Crippen LogP contribution in [0.4, 0.5) is 4.79 Å². The van der Waals surface area contributed by atoms with E-state index in [1.165, 1.54) is 42.7 Å². The molecule has 1 saturated carbocycles. The molecule has 3 amide bonds. The predicted molar refractivity (Wildman–Crippen MR) is 155 cm³/mol. The lowest BCUT2D eigenvalue weighted by Crippen LogP contribution is -2.40. The molecule has 40 heavy (non-hydrogen) atoms. The fourth-order valence-electron chi connectivity index (χ4n) is 5.31. The van der Waals surface area contributed by atoms with Crippen LogP contribution in [0.5, 0.6) is 0 Å². The fraction of sp³-hybridized carbons (Fsp3) is 0.267. The van der Waals surface area contributed by atoms with Crippen molar-refractivity contribution in [3.8, 4) is 5.69 Å². The van der Waals surface area contributed by atoms with Gasteiger partial charge in [-0.1, -0.05) is 29.8 Å². The highest BCUT2D eigenvalue weighted by molar-refractivity contribution is 7.90. The maximum absolute atomic E-state index is 13.3. The van der Waals surface area contributed by atoms with Crippen molar-refractivity contribution >= 4 is 44.5 Å². The zero-order chi connectivity index (χ0) is 28.0. The third kappa shape index (κ3) is 5.07. The summed E-state index contributed by atoms with van der Waals surface area (Å²) in [4.78, 5) is 27.2. The van der Waals surface area contributed by atoms with Crippen molar-refractivity contribution in [1.29, 1.82) is 0 Å². The number of hydrogen-bond donors (Lipinski definition) is 2. The van der Waals surface area contributed by atoms with Gasteiger partial charge in [0.2, 0.25) is 0 Å². The molecule has 10 heteroatoms. The second kappa shape index (κ2) is 10.3. The van der Waals surface area contributed by atoms with Crippen LogP contribution in [0, 0.1) is 0 Å². The summed E-state index contributed by atoms with van der Waals surface area (Å²) in [6, 6.07) is 19.3. The lowest BCUT2D eigenvalue weighted by Gasteiger charge is -2.24. The standard InChI is InChI=1S/C30H29ClN4O4S/c1-34-17-15-25-26-18-21(20-4-5-20)6-13-27(26)35(28(25)29(34)36)23-9-2-19(3-10-23)14-16-32-30(37)33-40(38,39)24-11-7-22(31)8-12-24/h2-3,6-13,18,20H,4-5,14-17H2,1H3,(H2,32,33,37). The molecule has 4 aromatic rings. The lowest BCUT2D eigenvalue weighted by molar-refractivity contribution is 0.0773. The smallest absolute Gasteiger partial charge is 0.328 e. The summed E-state index contributed by atoms with van der Waals surface area (Å²) in [7, 11) is -2.15. The first-order chi connectivity index (χ1) is 19.2. The number of halogens is 1. The van der Waals surface area contributed by atoms with Gasteiger partial charge in [0.25, 0.3) is 15.9 Å². The van der Waals surface area contributed by atoms with Crippen molar-refractivity contribution in [3.05, 3.63) is 94.1 Å². The molecule has 0 unspecified atom stereocenters. The van der Waals surface area contributed by atoms with Crippen LogP contribution in [0.3, 0.4) is 0 Å². The second-order valence-corrected chi connectivity index (χ2v) is 12.5. The van der Waals surface area contributed by atoms with E-state index in [9.17, 15) is 18.0 Å². The Hall–Kier alpha value is -3.82. The van der Waals surface area contributed by atoms with E-state index in [0.717, 1.165) is 39.8 Å². The number of sulfonamides is 1. The molecule has 2 aliphatic rings. The van der Waals surface area contributed by atoms with Crippen LogP contribution in [-0.2, 0) is 22.9 Å². The molecule has 8 nitrogen and oxygen atoms in total. The lowest BCUT2D eigenvalue weighted by atomic mass is 10.0. The van der Waals surface area contributed by atoms with Crippen molar-refractivity contribution in [2.24, 2.45) is 0 Å². The van der Waals surface area contributed by atoms with Crippen LogP contribution in [0.2, 0.25) is 5.02 Å². The molecule has 0 saturated heterocycles. The van der Waals surface area contributed by atoms with Crippen LogP contribution in [-0.4, -0.2) is 50.0 Å². The highest BCUT2D eigenvalue weighted by Gasteiger charge is 2.31. The molecule has 2 heterocycles. The third-order valence-electron chi connectivity index (χ3n) is 7.64. The van der Waals surface area contributed by atoms with E-state index < -0.39 is 16.1 Å². The average molecular weight is 577 g/mol. The van der Waals surface area contributed by atoms with Gasteiger partial charge in [-0.25, -0.2) is 17.9 Å². The molecule has 0 radical (unpaired) electrons. The van der Waals surface area contributed by atoms with Gasteiger partial charge in [0.1, 0.15) is 5.69 Å². The van der Waals surface area contributed by atoms with E-state index in [1.807, 2.05) is 36.0 Å². The Morgan fingerprint density at radius 2 is 1.75 bits per heavy atom. The molecule has 1 fully saturated rings. The van der Waals surface area contributed by atoms with E-state index in [4.69, 9.17) is 11.6 Å². The normalized spacial score (nSPS) is 15.2. The monoisotopic (exact) mass is 576 g/mol. The number of urea groups is 1. The van der Waals surface area contributed by atoms with E-state index in [2.05, 4.69) is 28.1 Å². The number of nitrogens with one attached hydrogen (secondary N) is 2. The average Bonchev–Trinajstić information content (AvgIpc) is 3.73. The topological polar surface area (TPSA) is 101 Å². The van der Waals surface area contributed by atoms with Crippen LogP contribution in [0.15, 0.2) is 71.6 Å². The molecular formula is C30H29ClN4O4S. The van der Waals surface area contributed by atoms with E-state index in [0.29, 0.717) is 23.9 Å². The molecule has 1 aliphatic heterocycles. The summed E-state index contributed by atoms with van der Waals surface area (Å²) in [5.74, 6) is 0.663. The maximum Gasteiger partial charge on any atom is 0.328 e. The number of rotatable bonds is 7. The first-order valence-corrected chi connectivity index (χ1v) is 15.2. The molecule has 0 atom stereocenters. The van der Waals surface area contributed by atoms with Gasteiger partial charge < -0.3 is 14.8 Å². The quantitative estimate of drug-likeness (QED) is 0.323. The Bertz CT molecular complexity index is 1730. The number of likely N-dealkylation sites (N-methyl/N-ethyl adjacent to an activating group) is 1. The third-order valence-corrected chi connectivity index (χ3v) is 9.23. The van der Waals surface area contributed by atoms with Crippen LogP contribution in [0.25, 0.3) is 16.6 Å². The largest absolute Gasteiger partial charge is 0.340 e. The summed E-state index contributed by atoms with van der Waals surface area (Å²) >= 11 is 5.81. The zero-order valence-electron chi connectivity index (χ0n) is 22.0. The van der Waals surface area contributed by atoms with Gasteiger partial charge >= 0.3 is 6.03 Å². The highest BCUT2D eigenvalue weighted by Crippen LogP contribution is 2.42. The molecule has 206 valence electrons. The van der Waals surface area contributed by atoms with Crippen molar-refractivity contribution in [3.63, 3.8) is 0 Å². The van der Waals surface area contributed by atoms with Gasteiger partial charge in [-0.05, 0) is 96.8 Å². The first-order valence-electron chi connectivity index (χ1n) is 13.3. The number of amides is 3. The summed E-state index contributed by atoms with van der Waals surface area (Å²) in [5.41, 5.74) is 6.10. The Labute approximate surface area is 238 Å². The SMILES string of the molecule is CN1CCc2c(n(-c3ccc(CCNC(=O)NS(=O)(=O)c4ccc(Cl)cc4)cc3)c3ccc(C4CC4)cc23)C1=O. The van der Waals surface area contributed by atoms with Gasteiger partial charge in [0, 0.05) is 36.2 Å². The molecule has 2 N–H and O–H groups in total. The van der Waals surface area contributed by atoms with Gasteiger partial charge in [-0.2, -0.15) is 0 Å². The Kier molecular flexibility index (Phi) is 6.80. The number of carbonyl (C=O) groups is 2. The molecule has 6 rings (SSSR count). The Morgan fingerprint density at radius 3 is 2.45 bits per heavy atom. The van der Waals surface area contributed by atoms with Crippen LogP contribution >= 0.6 is 11.6 Å². The second-order valence-electron chi connectivity index (χ2n) is 10.4. The number of aromatic nitrogens is 1. The van der Waals surface area contributed by atoms with E-state index in [1.54, 1.807) is 4.90 Å². The number of hydrogen-bond acceptors (Lipinski definition) is 4. The molecule has 3 aromatic carbocycles. The summed E-state index contributed by atoms with van der Waals surface area (Å²) in [6.07, 6.45) is 3.79. The zero-order valence-corrected chi connectivity index (χ0v) is 23.6. The minimum atomic E-state index is -3.99. The molecule has 1 aliphatic carbocycles. The van der Waals surface area contributed by atoms with Gasteiger partial charge in [-0.15, -0.1) is 0 Å². The Balaban J connectivity index is 1.17. The number of fused-ring (bicyclic) bond motifs is 3. The number of carbonyl (C=O) groups excluding carboxylic acids is 2.